The fraction of sp³-hybridized carbons (Fsp3) is 0.600. The Labute approximate surface area is 106 Å². The summed E-state index contributed by atoms with van der Waals surface area (Å²) in [4.78, 5) is 2.33. The lowest BCUT2D eigenvalue weighted by atomic mass is 10.2. The molecule has 0 N–H and O–H groups in total. The summed E-state index contributed by atoms with van der Waals surface area (Å²) in [6, 6.07) is 0. The van der Waals surface area contributed by atoms with Gasteiger partial charge in [-0.15, -0.1) is 0 Å². The Morgan fingerprint density at radius 2 is 2.00 bits per heavy atom. The van der Waals surface area contributed by atoms with E-state index >= 15 is 0 Å². The summed E-state index contributed by atoms with van der Waals surface area (Å²) >= 11 is 0. The van der Waals surface area contributed by atoms with E-state index in [4.69, 9.17) is 4.74 Å². The first-order chi connectivity index (χ1) is 8.27. The molecule has 1 heterocycles. The van der Waals surface area contributed by atoms with E-state index < -0.39 is 0 Å². The summed E-state index contributed by atoms with van der Waals surface area (Å²) in [7, 11) is 0. The maximum absolute atomic E-state index is 5.75. The lowest BCUT2D eigenvalue weighted by Crippen LogP contribution is -2.21. The van der Waals surface area contributed by atoms with Gasteiger partial charge in [-0.25, -0.2) is 0 Å². The molecule has 0 saturated carbocycles. The monoisotopic (exact) mass is 235 g/mol. The Morgan fingerprint density at radius 3 is 2.71 bits per heavy atom. The number of allylic oxidation sites excluding steroid dienone is 4. The van der Waals surface area contributed by atoms with E-state index in [1.54, 1.807) is 0 Å². The van der Waals surface area contributed by atoms with Gasteiger partial charge >= 0.3 is 0 Å². The molecule has 2 heteroatoms. The van der Waals surface area contributed by atoms with Crippen molar-refractivity contribution < 1.29 is 4.74 Å². The molecule has 0 aliphatic carbocycles. The van der Waals surface area contributed by atoms with Gasteiger partial charge < -0.3 is 9.64 Å². The largest absolute Gasteiger partial charge is 0.378 e. The molecule has 0 fully saturated rings. The van der Waals surface area contributed by atoms with Crippen LogP contribution in [0.4, 0.5) is 0 Å². The van der Waals surface area contributed by atoms with Crippen molar-refractivity contribution in [1.82, 2.24) is 4.90 Å². The van der Waals surface area contributed by atoms with Crippen molar-refractivity contribution in [2.75, 3.05) is 13.2 Å². The second-order valence-electron chi connectivity index (χ2n) is 4.46. The van der Waals surface area contributed by atoms with Crippen LogP contribution in [-0.2, 0) is 4.74 Å². The molecule has 17 heavy (non-hydrogen) atoms. The van der Waals surface area contributed by atoms with Crippen LogP contribution in [0.1, 0.15) is 40.0 Å². The van der Waals surface area contributed by atoms with E-state index in [-0.39, 0.29) is 0 Å². The zero-order valence-corrected chi connectivity index (χ0v) is 11.4. The third kappa shape index (κ3) is 5.22. The van der Waals surface area contributed by atoms with Gasteiger partial charge in [-0.05, 0) is 31.9 Å². The van der Waals surface area contributed by atoms with Gasteiger partial charge in [0.25, 0.3) is 0 Å². The van der Waals surface area contributed by atoms with E-state index in [0.29, 0.717) is 6.10 Å². The van der Waals surface area contributed by atoms with Crippen molar-refractivity contribution in [2.24, 2.45) is 0 Å². The molecule has 1 unspecified atom stereocenters. The summed E-state index contributed by atoms with van der Waals surface area (Å²) in [5.74, 6) is 0. The maximum atomic E-state index is 5.75. The first kappa shape index (κ1) is 14.0. The van der Waals surface area contributed by atoms with Crippen molar-refractivity contribution in [3.63, 3.8) is 0 Å². The standard InChI is InChI=1S/C15H25NO/c1-4-10-16-11-8-6-7-9-15(16)13-14(3)17-12-5-2/h6-9,11,14H,4-5,10,12-13H2,1-3H3. The highest BCUT2D eigenvalue weighted by atomic mass is 16.5. The van der Waals surface area contributed by atoms with Gasteiger partial charge in [0.05, 0.1) is 6.10 Å². The number of nitrogens with zero attached hydrogens (tertiary/aromatic N) is 1. The number of ether oxygens (including phenoxy) is 1. The number of hydrogen-bond acceptors (Lipinski definition) is 2. The lowest BCUT2D eigenvalue weighted by Gasteiger charge is -2.25. The highest BCUT2D eigenvalue weighted by Gasteiger charge is 2.11. The van der Waals surface area contributed by atoms with E-state index in [9.17, 15) is 0 Å². The predicted molar refractivity (Wildman–Crippen MR) is 73.7 cm³/mol. The molecule has 0 radical (unpaired) electrons. The van der Waals surface area contributed by atoms with Gasteiger partial charge in [0.15, 0.2) is 0 Å². The molecule has 96 valence electrons. The van der Waals surface area contributed by atoms with Crippen LogP contribution in [0.2, 0.25) is 0 Å². The molecule has 1 rings (SSSR count). The molecule has 2 nitrogen and oxygen atoms in total. The fourth-order valence-corrected chi connectivity index (χ4v) is 1.89. The topological polar surface area (TPSA) is 12.5 Å². The van der Waals surface area contributed by atoms with Crippen molar-refractivity contribution in [3.8, 4) is 0 Å². The minimum Gasteiger partial charge on any atom is -0.378 e. The smallest absolute Gasteiger partial charge is 0.0601 e. The van der Waals surface area contributed by atoms with Crippen LogP contribution >= 0.6 is 0 Å². The minimum atomic E-state index is 0.292. The summed E-state index contributed by atoms with van der Waals surface area (Å²) in [5, 5.41) is 0. The SMILES string of the molecule is CCCOC(C)CC1=CC=CC=CN1CCC. The quantitative estimate of drug-likeness (QED) is 0.664. The van der Waals surface area contributed by atoms with E-state index in [1.807, 2.05) is 0 Å². The molecule has 0 spiro atoms. The predicted octanol–water partition coefficient (Wildman–Crippen LogP) is 3.87. The van der Waals surface area contributed by atoms with Gasteiger partial charge in [-0.3, -0.25) is 0 Å². The molecular weight excluding hydrogens is 210 g/mol. The van der Waals surface area contributed by atoms with Crippen LogP contribution in [0.5, 0.6) is 0 Å². The van der Waals surface area contributed by atoms with Crippen LogP contribution < -0.4 is 0 Å². The van der Waals surface area contributed by atoms with Gasteiger partial charge in [-0.2, -0.15) is 0 Å². The molecule has 1 aliphatic rings. The van der Waals surface area contributed by atoms with E-state index in [2.05, 4.69) is 56.2 Å². The van der Waals surface area contributed by atoms with Gasteiger partial charge in [-0.1, -0.05) is 26.0 Å². The Kier molecular flexibility index (Phi) is 6.71. The second-order valence-corrected chi connectivity index (χ2v) is 4.46. The first-order valence-corrected chi connectivity index (χ1v) is 6.70. The third-order valence-corrected chi connectivity index (χ3v) is 2.71. The van der Waals surface area contributed by atoms with Crippen molar-refractivity contribution in [2.45, 2.75) is 46.1 Å². The molecule has 0 bridgehead atoms. The Bertz CT molecular complexity index is 291. The molecule has 1 atom stereocenters. The maximum Gasteiger partial charge on any atom is 0.0601 e. The van der Waals surface area contributed by atoms with Crippen LogP contribution in [0.15, 0.2) is 36.2 Å². The lowest BCUT2D eigenvalue weighted by molar-refractivity contribution is 0.0632. The van der Waals surface area contributed by atoms with Gasteiger partial charge in [0.2, 0.25) is 0 Å². The summed E-state index contributed by atoms with van der Waals surface area (Å²) in [6.07, 6.45) is 14.1. The van der Waals surface area contributed by atoms with Crippen LogP contribution in [0, 0.1) is 0 Å². The Hall–Kier alpha value is -1.02. The summed E-state index contributed by atoms with van der Waals surface area (Å²) in [5.41, 5.74) is 1.35. The Morgan fingerprint density at radius 1 is 1.18 bits per heavy atom. The third-order valence-electron chi connectivity index (χ3n) is 2.71. The molecule has 1 aliphatic heterocycles. The molecular formula is C15H25NO. The minimum absolute atomic E-state index is 0.292. The normalized spacial score (nSPS) is 16.9. The van der Waals surface area contributed by atoms with Crippen LogP contribution in [0.3, 0.4) is 0 Å². The first-order valence-electron chi connectivity index (χ1n) is 6.70. The van der Waals surface area contributed by atoms with Gasteiger partial charge in [0, 0.05) is 31.5 Å². The molecule has 0 saturated heterocycles. The number of hydrogen-bond donors (Lipinski definition) is 0. The van der Waals surface area contributed by atoms with Crippen molar-refractivity contribution >= 4 is 0 Å². The van der Waals surface area contributed by atoms with Gasteiger partial charge in [0.1, 0.15) is 0 Å². The van der Waals surface area contributed by atoms with Crippen LogP contribution in [-0.4, -0.2) is 24.2 Å². The Balaban J connectivity index is 2.55. The average Bonchev–Trinajstić information content (AvgIpc) is 2.53. The molecule has 0 amide bonds. The zero-order chi connectivity index (χ0) is 12.5. The number of rotatable bonds is 7. The molecule has 0 aromatic rings. The molecule has 0 aromatic heterocycles. The zero-order valence-electron chi connectivity index (χ0n) is 11.4. The van der Waals surface area contributed by atoms with Crippen molar-refractivity contribution in [3.05, 3.63) is 36.2 Å². The highest BCUT2D eigenvalue weighted by Crippen LogP contribution is 2.17. The van der Waals surface area contributed by atoms with Crippen LogP contribution in [0.25, 0.3) is 0 Å². The fourth-order valence-electron chi connectivity index (χ4n) is 1.89. The van der Waals surface area contributed by atoms with E-state index in [0.717, 1.165) is 32.4 Å². The summed E-state index contributed by atoms with van der Waals surface area (Å²) in [6.45, 7) is 8.44. The highest BCUT2D eigenvalue weighted by molar-refractivity contribution is 5.22. The second kappa shape index (κ2) is 8.13. The van der Waals surface area contributed by atoms with E-state index in [1.165, 1.54) is 5.70 Å². The molecule has 0 aromatic carbocycles. The average molecular weight is 235 g/mol. The summed E-state index contributed by atoms with van der Waals surface area (Å²) < 4.78 is 5.75. The van der Waals surface area contributed by atoms with Crippen molar-refractivity contribution in [1.29, 1.82) is 0 Å².